The van der Waals surface area contributed by atoms with Crippen molar-refractivity contribution in [1.82, 2.24) is 10.1 Å². The van der Waals surface area contributed by atoms with Crippen LogP contribution in [0.25, 0.3) is 0 Å². The van der Waals surface area contributed by atoms with Crippen molar-refractivity contribution < 1.29 is 14.4 Å². The van der Waals surface area contributed by atoms with Crippen LogP contribution in [0.1, 0.15) is 44.9 Å². The molecule has 20 heavy (non-hydrogen) atoms. The Balaban J connectivity index is 2.10. The van der Waals surface area contributed by atoms with E-state index in [1.165, 1.54) is 0 Å². The van der Waals surface area contributed by atoms with Gasteiger partial charge in [0.2, 0.25) is 0 Å². The molecule has 1 aliphatic rings. The summed E-state index contributed by atoms with van der Waals surface area (Å²) in [6.07, 6.45) is 3.37. The van der Waals surface area contributed by atoms with Gasteiger partial charge in [0.1, 0.15) is 12.3 Å². The van der Waals surface area contributed by atoms with E-state index < -0.39 is 12.0 Å². The molecule has 112 valence electrons. The molecule has 1 fully saturated rings. The summed E-state index contributed by atoms with van der Waals surface area (Å²) in [6.45, 7) is 9.87. The lowest BCUT2D eigenvalue weighted by Gasteiger charge is -2.42. The molecule has 1 saturated heterocycles. The minimum atomic E-state index is -0.729. The maximum Gasteiger partial charge on any atom is 0.320 e. The fourth-order valence-electron chi connectivity index (χ4n) is 2.93. The Morgan fingerprint density at radius 3 is 2.75 bits per heavy atom. The number of aliphatic carboxylic acids is 1. The molecule has 0 saturated carbocycles. The highest BCUT2D eigenvalue weighted by Crippen LogP contribution is 2.37. The molecule has 1 aromatic heterocycles. The second kappa shape index (κ2) is 5.56. The molecular weight excluding hydrogens is 256 g/mol. The number of piperidine rings is 1. The third kappa shape index (κ3) is 3.20. The van der Waals surface area contributed by atoms with E-state index in [1.807, 2.05) is 11.8 Å². The summed E-state index contributed by atoms with van der Waals surface area (Å²) in [5.41, 5.74) is 1.98. The van der Waals surface area contributed by atoms with Crippen LogP contribution in [-0.2, 0) is 11.3 Å². The van der Waals surface area contributed by atoms with Gasteiger partial charge in [0.25, 0.3) is 0 Å². The summed E-state index contributed by atoms with van der Waals surface area (Å²) in [5.74, 6) is -0.281. The van der Waals surface area contributed by atoms with Crippen molar-refractivity contribution in [2.45, 2.75) is 53.1 Å². The normalized spacial score (nSPS) is 24.8. The summed E-state index contributed by atoms with van der Waals surface area (Å²) in [6, 6.07) is -0.415. The molecule has 1 aromatic rings. The Hall–Kier alpha value is -1.36. The van der Waals surface area contributed by atoms with Gasteiger partial charge in [-0.25, -0.2) is 0 Å². The first kappa shape index (κ1) is 15.0. The van der Waals surface area contributed by atoms with Crippen molar-refractivity contribution in [1.29, 1.82) is 0 Å². The number of rotatable bonds is 3. The molecule has 0 spiro atoms. The first-order valence-corrected chi connectivity index (χ1v) is 7.15. The molecular formula is C15H24N2O3. The number of carboxylic acid groups (broad SMARTS) is 1. The van der Waals surface area contributed by atoms with Crippen molar-refractivity contribution in [2.75, 3.05) is 6.54 Å². The average Bonchev–Trinajstić information content (AvgIpc) is 2.74. The largest absolute Gasteiger partial charge is 0.480 e. The highest BCUT2D eigenvalue weighted by Gasteiger charge is 2.38. The fraction of sp³-hybridized carbons (Fsp3) is 0.733. The van der Waals surface area contributed by atoms with Crippen molar-refractivity contribution in [3.8, 4) is 0 Å². The predicted octanol–water partition coefficient (Wildman–Crippen LogP) is 2.69. The molecule has 5 nitrogen and oxygen atoms in total. The molecule has 2 heterocycles. The van der Waals surface area contributed by atoms with Gasteiger partial charge in [-0.3, -0.25) is 9.69 Å². The first-order valence-electron chi connectivity index (χ1n) is 7.15. The van der Waals surface area contributed by atoms with E-state index in [1.54, 1.807) is 6.26 Å². The number of carbonyl (C=O) groups is 1. The summed E-state index contributed by atoms with van der Waals surface area (Å²) in [7, 11) is 0. The minimum Gasteiger partial charge on any atom is -0.480 e. The lowest BCUT2D eigenvalue weighted by molar-refractivity contribution is -0.146. The third-order valence-electron chi connectivity index (χ3n) is 4.45. The smallest absolute Gasteiger partial charge is 0.320 e. The lowest BCUT2D eigenvalue weighted by Crippen LogP contribution is -2.48. The Kier molecular flexibility index (Phi) is 4.18. The number of nitrogens with zero attached hydrogens (tertiary/aromatic N) is 2. The Morgan fingerprint density at radius 2 is 2.25 bits per heavy atom. The summed E-state index contributed by atoms with van der Waals surface area (Å²) in [5, 5.41) is 13.4. The zero-order valence-electron chi connectivity index (χ0n) is 12.7. The van der Waals surface area contributed by atoms with E-state index >= 15 is 0 Å². The quantitative estimate of drug-likeness (QED) is 0.922. The molecule has 2 atom stereocenters. The van der Waals surface area contributed by atoms with E-state index in [4.69, 9.17) is 4.52 Å². The van der Waals surface area contributed by atoms with Gasteiger partial charge in [0.15, 0.2) is 0 Å². The van der Waals surface area contributed by atoms with Gasteiger partial charge in [-0.05, 0) is 37.6 Å². The molecule has 0 bridgehead atoms. The summed E-state index contributed by atoms with van der Waals surface area (Å²) >= 11 is 0. The van der Waals surface area contributed by atoms with Gasteiger partial charge >= 0.3 is 5.97 Å². The number of aryl methyl sites for hydroxylation is 1. The molecule has 0 radical (unpaired) electrons. The van der Waals surface area contributed by atoms with Crippen LogP contribution in [0, 0.1) is 18.3 Å². The summed E-state index contributed by atoms with van der Waals surface area (Å²) in [4.78, 5) is 13.6. The maximum atomic E-state index is 11.6. The monoisotopic (exact) mass is 280 g/mol. The number of hydrogen-bond acceptors (Lipinski definition) is 4. The Bertz CT molecular complexity index is 476. The number of hydrogen-bond donors (Lipinski definition) is 1. The maximum absolute atomic E-state index is 11.6. The van der Waals surface area contributed by atoms with Crippen LogP contribution >= 0.6 is 0 Å². The molecule has 1 aliphatic heterocycles. The zero-order valence-corrected chi connectivity index (χ0v) is 12.7. The Morgan fingerprint density at radius 1 is 1.55 bits per heavy atom. The molecule has 5 heteroatoms. The predicted molar refractivity (Wildman–Crippen MR) is 75.3 cm³/mol. The summed E-state index contributed by atoms with van der Waals surface area (Å²) < 4.78 is 4.93. The first-order chi connectivity index (χ1) is 9.29. The van der Waals surface area contributed by atoms with Crippen LogP contribution < -0.4 is 0 Å². The van der Waals surface area contributed by atoms with Crippen LogP contribution in [0.3, 0.4) is 0 Å². The lowest BCUT2D eigenvalue weighted by atomic mass is 9.73. The van der Waals surface area contributed by atoms with Crippen molar-refractivity contribution in [3.05, 3.63) is 17.5 Å². The fourth-order valence-corrected chi connectivity index (χ4v) is 2.93. The van der Waals surface area contributed by atoms with Crippen LogP contribution in [-0.4, -0.2) is 33.7 Å². The van der Waals surface area contributed by atoms with Gasteiger partial charge < -0.3 is 9.63 Å². The van der Waals surface area contributed by atoms with Crippen LogP contribution in [0.5, 0.6) is 0 Å². The van der Waals surface area contributed by atoms with E-state index in [0.29, 0.717) is 18.9 Å². The van der Waals surface area contributed by atoms with Gasteiger partial charge in [-0.1, -0.05) is 25.9 Å². The van der Waals surface area contributed by atoms with Crippen LogP contribution in [0.4, 0.5) is 0 Å². The standard InChI is InChI=1S/C15H24N2O3/c1-10-11(9-20-16-10)8-17-6-5-12(15(2,3)4)7-13(17)14(18)19/h9,12-13H,5-8H2,1-4H3,(H,18,19)/t12-,13+/m0/s1. The van der Waals surface area contributed by atoms with Gasteiger partial charge in [0.05, 0.1) is 5.69 Å². The van der Waals surface area contributed by atoms with Crippen LogP contribution in [0.15, 0.2) is 10.8 Å². The molecule has 0 amide bonds. The molecule has 2 rings (SSSR count). The number of likely N-dealkylation sites (tertiary alicyclic amines) is 1. The number of carboxylic acids is 1. The molecule has 0 unspecified atom stereocenters. The van der Waals surface area contributed by atoms with E-state index in [0.717, 1.165) is 24.2 Å². The van der Waals surface area contributed by atoms with Crippen molar-refractivity contribution >= 4 is 5.97 Å². The van der Waals surface area contributed by atoms with E-state index in [9.17, 15) is 9.90 Å². The van der Waals surface area contributed by atoms with Gasteiger partial charge in [0, 0.05) is 12.1 Å². The van der Waals surface area contributed by atoms with Gasteiger partial charge in [-0.2, -0.15) is 0 Å². The molecule has 0 aliphatic carbocycles. The third-order valence-corrected chi connectivity index (χ3v) is 4.45. The molecule has 1 N–H and O–H groups in total. The van der Waals surface area contributed by atoms with Crippen molar-refractivity contribution in [3.63, 3.8) is 0 Å². The zero-order chi connectivity index (χ0) is 14.9. The highest BCUT2D eigenvalue weighted by atomic mass is 16.5. The highest BCUT2D eigenvalue weighted by molar-refractivity contribution is 5.73. The Labute approximate surface area is 119 Å². The second-order valence-electron chi connectivity index (χ2n) is 6.84. The number of aromatic nitrogens is 1. The molecule has 0 aromatic carbocycles. The van der Waals surface area contributed by atoms with Gasteiger partial charge in [-0.15, -0.1) is 0 Å². The van der Waals surface area contributed by atoms with E-state index in [2.05, 4.69) is 25.9 Å². The average molecular weight is 280 g/mol. The van der Waals surface area contributed by atoms with Crippen LogP contribution in [0.2, 0.25) is 0 Å². The van der Waals surface area contributed by atoms with E-state index in [-0.39, 0.29) is 5.41 Å². The topological polar surface area (TPSA) is 66.6 Å². The minimum absolute atomic E-state index is 0.160. The SMILES string of the molecule is Cc1nocc1CN1CC[C@H](C(C)(C)C)C[C@@H]1C(=O)O. The second-order valence-corrected chi connectivity index (χ2v) is 6.84. The van der Waals surface area contributed by atoms with Crippen molar-refractivity contribution in [2.24, 2.45) is 11.3 Å².